The lowest BCUT2D eigenvalue weighted by Crippen LogP contribution is -2.23. The standard InChI is InChI=1S/C19H18ClNO3/c1-12(2)13-7-8-16(18(9-13)24-3)19(20)10-14-5-4-6-17(21(22)23)15(14)11-19/h4-12H,1-3H3. The zero-order valence-corrected chi connectivity index (χ0v) is 14.5. The van der Waals surface area contributed by atoms with Gasteiger partial charge in [-0.1, -0.05) is 38.1 Å². The molecule has 0 bridgehead atoms. The highest BCUT2D eigenvalue weighted by Crippen LogP contribution is 2.41. The van der Waals surface area contributed by atoms with E-state index in [1.807, 2.05) is 30.3 Å². The van der Waals surface area contributed by atoms with E-state index in [1.165, 1.54) is 6.07 Å². The van der Waals surface area contributed by atoms with Crippen molar-refractivity contribution in [2.24, 2.45) is 0 Å². The Hall–Kier alpha value is -2.33. The molecule has 1 aliphatic carbocycles. The van der Waals surface area contributed by atoms with E-state index in [2.05, 4.69) is 13.8 Å². The number of nitrogens with zero attached hydrogens (tertiary/aromatic N) is 1. The van der Waals surface area contributed by atoms with Crippen LogP contribution in [-0.2, 0) is 4.87 Å². The van der Waals surface area contributed by atoms with E-state index < -0.39 is 4.87 Å². The summed E-state index contributed by atoms with van der Waals surface area (Å²) in [6.45, 7) is 4.22. The molecule has 1 aliphatic rings. The van der Waals surface area contributed by atoms with Gasteiger partial charge in [-0.05, 0) is 34.9 Å². The average molecular weight is 344 g/mol. The second-order valence-electron chi connectivity index (χ2n) is 6.21. The number of ether oxygens (including phenoxy) is 1. The van der Waals surface area contributed by atoms with Crippen molar-refractivity contribution in [1.82, 2.24) is 0 Å². The summed E-state index contributed by atoms with van der Waals surface area (Å²) in [6.07, 6.45) is 3.57. The second-order valence-corrected chi connectivity index (χ2v) is 6.83. The molecule has 0 amide bonds. The molecule has 1 unspecified atom stereocenters. The van der Waals surface area contributed by atoms with Crippen molar-refractivity contribution in [1.29, 1.82) is 0 Å². The Morgan fingerprint density at radius 3 is 2.58 bits per heavy atom. The lowest BCUT2D eigenvalue weighted by Gasteiger charge is -2.22. The van der Waals surface area contributed by atoms with Gasteiger partial charge in [0.1, 0.15) is 10.6 Å². The summed E-state index contributed by atoms with van der Waals surface area (Å²) in [5.41, 5.74) is 1.99. The van der Waals surface area contributed by atoms with Crippen LogP contribution < -0.4 is 15.2 Å². The summed E-state index contributed by atoms with van der Waals surface area (Å²) in [5.74, 6) is 1.05. The minimum absolute atomic E-state index is 0.0593. The lowest BCUT2D eigenvalue weighted by atomic mass is 9.94. The first-order valence-corrected chi connectivity index (χ1v) is 8.10. The van der Waals surface area contributed by atoms with E-state index in [1.54, 1.807) is 19.3 Å². The van der Waals surface area contributed by atoms with E-state index in [0.29, 0.717) is 16.9 Å². The molecule has 0 aromatic heterocycles. The molecule has 2 aromatic rings. The Bertz CT molecular complexity index is 936. The number of benzene rings is 2. The average Bonchev–Trinajstić information content (AvgIpc) is 2.90. The van der Waals surface area contributed by atoms with Crippen molar-refractivity contribution in [3.05, 3.63) is 68.1 Å². The predicted octanol–water partition coefficient (Wildman–Crippen LogP) is 3.44. The predicted molar refractivity (Wildman–Crippen MR) is 95.9 cm³/mol. The van der Waals surface area contributed by atoms with Crippen LogP contribution in [0.4, 0.5) is 5.69 Å². The molecule has 2 aromatic carbocycles. The van der Waals surface area contributed by atoms with Gasteiger partial charge < -0.3 is 4.74 Å². The number of alkyl halides is 1. The van der Waals surface area contributed by atoms with E-state index >= 15 is 0 Å². The SMILES string of the molecule is COc1cc(C(C)C)ccc1C1(Cl)C=c2cccc([N+](=O)[O-])c2=C1. The molecule has 0 aliphatic heterocycles. The van der Waals surface area contributed by atoms with Crippen LogP contribution in [0.15, 0.2) is 36.4 Å². The molecular weight excluding hydrogens is 326 g/mol. The number of nitro groups is 1. The number of fused-ring (bicyclic) bond motifs is 1. The van der Waals surface area contributed by atoms with Crippen molar-refractivity contribution in [2.75, 3.05) is 7.11 Å². The van der Waals surface area contributed by atoms with Crippen molar-refractivity contribution in [3.63, 3.8) is 0 Å². The van der Waals surface area contributed by atoms with Gasteiger partial charge in [-0.25, -0.2) is 0 Å². The number of non-ortho nitro benzene ring substituents is 1. The third kappa shape index (κ3) is 2.67. The van der Waals surface area contributed by atoms with Gasteiger partial charge in [-0.15, -0.1) is 11.6 Å². The van der Waals surface area contributed by atoms with Crippen LogP contribution in [0.25, 0.3) is 12.2 Å². The third-order valence-corrected chi connectivity index (χ3v) is 4.76. The number of hydrogen-bond donors (Lipinski definition) is 0. The number of halogens is 1. The summed E-state index contributed by atoms with van der Waals surface area (Å²) in [4.78, 5) is 9.91. The normalized spacial score (nSPS) is 18.7. The van der Waals surface area contributed by atoms with E-state index in [-0.39, 0.29) is 10.6 Å². The maximum Gasteiger partial charge on any atom is 0.276 e. The maximum absolute atomic E-state index is 11.3. The molecule has 0 spiro atoms. The van der Waals surface area contributed by atoms with Crippen LogP contribution in [0.5, 0.6) is 5.75 Å². The number of nitro benzene ring substituents is 1. The van der Waals surface area contributed by atoms with Crippen molar-refractivity contribution in [3.8, 4) is 5.75 Å². The number of methoxy groups -OCH3 is 1. The van der Waals surface area contributed by atoms with E-state index in [9.17, 15) is 10.1 Å². The van der Waals surface area contributed by atoms with E-state index in [0.717, 1.165) is 16.3 Å². The molecule has 24 heavy (non-hydrogen) atoms. The topological polar surface area (TPSA) is 52.4 Å². The maximum atomic E-state index is 11.3. The fraction of sp³-hybridized carbons (Fsp3) is 0.263. The van der Waals surface area contributed by atoms with Crippen molar-refractivity contribution in [2.45, 2.75) is 24.6 Å². The molecule has 0 saturated carbocycles. The van der Waals surface area contributed by atoms with Gasteiger partial charge in [0.25, 0.3) is 5.69 Å². The van der Waals surface area contributed by atoms with Gasteiger partial charge in [-0.2, -0.15) is 0 Å². The second kappa shape index (κ2) is 5.95. The van der Waals surface area contributed by atoms with Crippen LogP contribution in [0.1, 0.15) is 30.9 Å². The van der Waals surface area contributed by atoms with Gasteiger partial charge in [0.2, 0.25) is 0 Å². The fourth-order valence-electron chi connectivity index (χ4n) is 3.03. The monoisotopic (exact) mass is 343 g/mol. The highest BCUT2D eigenvalue weighted by molar-refractivity contribution is 6.32. The Kier molecular flexibility index (Phi) is 4.10. The summed E-state index contributed by atoms with van der Waals surface area (Å²) >= 11 is 6.84. The van der Waals surface area contributed by atoms with Crippen molar-refractivity contribution < 1.29 is 9.66 Å². The highest BCUT2D eigenvalue weighted by atomic mass is 35.5. The van der Waals surface area contributed by atoms with Crippen LogP contribution in [0.3, 0.4) is 0 Å². The Morgan fingerprint density at radius 1 is 1.21 bits per heavy atom. The zero-order chi connectivity index (χ0) is 17.5. The number of hydrogen-bond acceptors (Lipinski definition) is 3. The van der Waals surface area contributed by atoms with Gasteiger partial charge in [0.15, 0.2) is 0 Å². The molecule has 1 atom stereocenters. The summed E-state index contributed by atoms with van der Waals surface area (Å²) < 4.78 is 5.53. The summed E-state index contributed by atoms with van der Waals surface area (Å²) in [6, 6.07) is 10.9. The molecular formula is C19H18ClNO3. The largest absolute Gasteiger partial charge is 0.496 e. The molecule has 0 radical (unpaired) electrons. The quantitative estimate of drug-likeness (QED) is 0.485. The highest BCUT2D eigenvalue weighted by Gasteiger charge is 2.32. The first kappa shape index (κ1) is 16.5. The van der Waals surface area contributed by atoms with Crippen LogP contribution in [0.2, 0.25) is 0 Å². The van der Waals surface area contributed by atoms with Gasteiger partial charge in [0.05, 0.1) is 17.3 Å². The zero-order valence-electron chi connectivity index (χ0n) is 13.7. The van der Waals surface area contributed by atoms with Gasteiger partial charge in [0, 0.05) is 11.6 Å². The Labute approximate surface area is 145 Å². The molecule has 0 heterocycles. The first-order valence-electron chi connectivity index (χ1n) is 7.72. The van der Waals surface area contributed by atoms with Crippen LogP contribution in [0, 0.1) is 10.1 Å². The fourth-order valence-corrected chi connectivity index (χ4v) is 3.41. The smallest absolute Gasteiger partial charge is 0.276 e. The minimum atomic E-state index is -0.963. The van der Waals surface area contributed by atoms with Crippen LogP contribution >= 0.6 is 11.6 Å². The molecule has 124 valence electrons. The summed E-state index contributed by atoms with van der Waals surface area (Å²) in [7, 11) is 1.60. The molecule has 3 rings (SSSR count). The van der Waals surface area contributed by atoms with E-state index in [4.69, 9.17) is 16.3 Å². The third-order valence-electron chi connectivity index (χ3n) is 4.34. The van der Waals surface area contributed by atoms with Crippen LogP contribution in [-0.4, -0.2) is 12.0 Å². The van der Waals surface area contributed by atoms with Crippen molar-refractivity contribution >= 4 is 29.4 Å². The summed E-state index contributed by atoms with van der Waals surface area (Å²) in [5, 5.41) is 12.6. The molecule has 0 N–H and O–H groups in total. The van der Waals surface area contributed by atoms with Gasteiger partial charge >= 0.3 is 0 Å². The molecule has 4 nitrogen and oxygen atoms in total. The molecule has 5 heteroatoms. The first-order chi connectivity index (χ1) is 11.4. The lowest BCUT2D eigenvalue weighted by molar-refractivity contribution is -0.385. The minimum Gasteiger partial charge on any atom is -0.496 e. The molecule has 0 fully saturated rings. The molecule has 0 saturated heterocycles. The number of rotatable bonds is 4. The Morgan fingerprint density at radius 2 is 1.96 bits per heavy atom. The Balaban J connectivity index is 2.20. The van der Waals surface area contributed by atoms with Gasteiger partial charge in [-0.3, -0.25) is 10.1 Å².